The Bertz CT molecular complexity index is 1040. The summed E-state index contributed by atoms with van der Waals surface area (Å²) < 4.78 is 8.30. The van der Waals surface area contributed by atoms with Crippen LogP contribution in [-0.2, 0) is 16.2 Å². The summed E-state index contributed by atoms with van der Waals surface area (Å²) in [6.07, 6.45) is 3.06. The summed E-state index contributed by atoms with van der Waals surface area (Å²) in [5.41, 5.74) is 1.66. The van der Waals surface area contributed by atoms with Crippen LogP contribution < -0.4 is 10.1 Å². The van der Waals surface area contributed by atoms with Gasteiger partial charge in [-0.1, -0.05) is 34.1 Å². The van der Waals surface area contributed by atoms with Crippen molar-refractivity contribution < 1.29 is 14.3 Å². The monoisotopic (exact) mass is 612 g/mol. The topological polar surface area (TPSA) is 58.6 Å². The highest BCUT2D eigenvalue weighted by molar-refractivity contribution is 9.11. The molecule has 0 radical (unpaired) electrons. The SMILES string of the molecule is C=CCN1C(=O)/C(=C/c2cc(Br)c(OCc3ccc(Br)cc3)c(Br)c2)C(=O)NC1=S. The second-order valence-electron chi connectivity index (χ2n) is 6.25. The van der Waals surface area contributed by atoms with E-state index in [1.54, 1.807) is 18.2 Å². The van der Waals surface area contributed by atoms with Gasteiger partial charge in [0.25, 0.3) is 11.8 Å². The van der Waals surface area contributed by atoms with Gasteiger partial charge in [0.15, 0.2) is 5.11 Å². The zero-order chi connectivity index (χ0) is 21.8. The zero-order valence-electron chi connectivity index (χ0n) is 15.5. The molecular weight excluding hydrogens is 600 g/mol. The number of thiocarbonyl (C=S) groups is 1. The molecule has 2 amide bonds. The lowest BCUT2D eigenvalue weighted by Gasteiger charge is -2.27. The maximum absolute atomic E-state index is 12.7. The van der Waals surface area contributed by atoms with Gasteiger partial charge in [-0.3, -0.25) is 19.8 Å². The van der Waals surface area contributed by atoms with Crippen LogP contribution in [0, 0.1) is 0 Å². The molecule has 0 unspecified atom stereocenters. The fourth-order valence-corrected chi connectivity index (χ4v) is 4.66. The van der Waals surface area contributed by atoms with E-state index >= 15 is 0 Å². The van der Waals surface area contributed by atoms with E-state index in [-0.39, 0.29) is 17.2 Å². The minimum Gasteiger partial charge on any atom is -0.487 e. The molecule has 0 spiro atoms. The van der Waals surface area contributed by atoms with Gasteiger partial charge in [0, 0.05) is 11.0 Å². The van der Waals surface area contributed by atoms with Gasteiger partial charge in [0.1, 0.15) is 17.9 Å². The number of nitrogens with zero attached hydrogens (tertiary/aromatic N) is 1. The van der Waals surface area contributed by atoms with Gasteiger partial charge in [0.2, 0.25) is 0 Å². The number of hydrogen-bond donors (Lipinski definition) is 1. The number of benzene rings is 2. The molecule has 1 heterocycles. The van der Waals surface area contributed by atoms with E-state index in [1.807, 2.05) is 24.3 Å². The second kappa shape index (κ2) is 10.00. The summed E-state index contributed by atoms with van der Waals surface area (Å²) in [4.78, 5) is 26.3. The molecule has 1 saturated heterocycles. The molecule has 30 heavy (non-hydrogen) atoms. The molecule has 9 heteroatoms. The van der Waals surface area contributed by atoms with Gasteiger partial charge in [-0.25, -0.2) is 0 Å². The van der Waals surface area contributed by atoms with Crippen LogP contribution >= 0.6 is 60.0 Å². The quantitative estimate of drug-likeness (QED) is 0.206. The highest BCUT2D eigenvalue weighted by Gasteiger charge is 2.32. The molecule has 0 aromatic heterocycles. The van der Waals surface area contributed by atoms with E-state index < -0.39 is 11.8 Å². The third-order valence-corrected chi connectivity index (χ3v) is 6.15. The summed E-state index contributed by atoms with van der Waals surface area (Å²) in [5.74, 6) is -0.381. The van der Waals surface area contributed by atoms with Crippen molar-refractivity contribution in [2.45, 2.75) is 6.61 Å². The molecular formula is C21H15Br3N2O3S. The molecule has 3 rings (SSSR count). The first-order chi connectivity index (χ1) is 14.3. The van der Waals surface area contributed by atoms with Gasteiger partial charge in [0.05, 0.1) is 8.95 Å². The highest BCUT2D eigenvalue weighted by atomic mass is 79.9. The Kier molecular flexibility index (Phi) is 7.62. The third-order valence-electron chi connectivity index (χ3n) is 4.13. The predicted octanol–water partition coefficient (Wildman–Crippen LogP) is 5.37. The van der Waals surface area contributed by atoms with Crippen molar-refractivity contribution in [3.05, 3.63) is 79.2 Å². The van der Waals surface area contributed by atoms with Crippen LogP contribution in [0.3, 0.4) is 0 Å². The lowest BCUT2D eigenvalue weighted by Crippen LogP contribution is -2.53. The number of rotatable bonds is 6. The summed E-state index contributed by atoms with van der Waals surface area (Å²) in [5, 5.41) is 2.60. The Balaban J connectivity index is 1.84. The molecule has 2 aromatic carbocycles. The van der Waals surface area contributed by atoms with Crippen LogP contribution in [0.1, 0.15) is 11.1 Å². The number of amides is 2. The van der Waals surface area contributed by atoms with Crippen molar-refractivity contribution in [2.24, 2.45) is 0 Å². The van der Waals surface area contributed by atoms with Crippen LogP contribution in [0.4, 0.5) is 0 Å². The number of nitrogens with one attached hydrogen (secondary N) is 1. The summed E-state index contributed by atoms with van der Waals surface area (Å²) in [7, 11) is 0. The molecule has 5 nitrogen and oxygen atoms in total. The highest BCUT2D eigenvalue weighted by Crippen LogP contribution is 2.36. The lowest BCUT2D eigenvalue weighted by atomic mass is 10.1. The Labute approximate surface area is 204 Å². The summed E-state index contributed by atoms with van der Waals surface area (Å²) in [6, 6.07) is 11.4. The number of carbonyl (C=O) groups excluding carboxylic acids is 2. The first kappa shape index (κ1) is 22.9. The Morgan fingerprint density at radius 2 is 1.73 bits per heavy atom. The number of ether oxygens (including phenoxy) is 1. The molecule has 0 bridgehead atoms. The molecule has 2 aromatic rings. The fraction of sp³-hybridized carbons (Fsp3) is 0.0952. The maximum atomic E-state index is 12.7. The molecule has 0 atom stereocenters. The van der Waals surface area contributed by atoms with E-state index in [0.29, 0.717) is 26.9 Å². The van der Waals surface area contributed by atoms with Gasteiger partial charge >= 0.3 is 0 Å². The van der Waals surface area contributed by atoms with Gasteiger partial charge in [-0.15, -0.1) is 6.58 Å². The first-order valence-electron chi connectivity index (χ1n) is 8.66. The molecule has 1 aliphatic rings. The Morgan fingerprint density at radius 3 is 2.33 bits per heavy atom. The minimum atomic E-state index is -0.534. The van der Waals surface area contributed by atoms with E-state index in [2.05, 4.69) is 59.7 Å². The lowest BCUT2D eigenvalue weighted by molar-refractivity contribution is -0.128. The standard InChI is InChI=1S/C21H15Br3N2O3S/c1-2-7-26-20(28)15(19(27)25-21(26)30)8-13-9-16(23)18(17(24)10-13)29-11-12-3-5-14(22)6-4-12/h2-6,8-10H,1,7,11H2,(H,25,27,30)/b15-8+. The van der Waals surface area contributed by atoms with Gasteiger partial charge in [-0.05, 0) is 85.5 Å². The van der Waals surface area contributed by atoms with E-state index in [9.17, 15) is 9.59 Å². The number of halogens is 3. The summed E-state index contributed by atoms with van der Waals surface area (Å²) >= 11 is 15.5. The molecule has 0 aliphatic carbocycles. The Morgan fingerprint density at radius 1 is 1.10 bits per heavy atom. The fourth-order valence-electron chi connectivity index (χ4n) is 2.69. The molecule has 154 valence electrons. The van der Waals surface area contributed by atoms with Crippen molar-refractivity contribution in [1.29, 1.82) is 0 Å². The zero-order valence-corrected chi connectivity index (χ0v) is 21.0. The third kappa shape index (κ3) is 5.26. The largest absolute Gasteiger partial charge is 0.487 e. The minimum absolute atomic E-state index is 0.00668. The number of carbonyl (C=O) groups is 2. The van der Waals surface area contributed by atoms with E-state index in [4.69, 9.17) is 17.0 Å². The number of hydrogen-bond acceptors (Lipinski definition) is 4. The second-order valence-corrected chi connectivity index (χ2v) is 9.26. The average Bonchev–Trinajstić information content (AvgIpc) is 2.69. The van der Waals surface area contributed by atoms with Crippen molar-refractivity contribution in [3.8, 4) is 5.75 Å². The molecule has 1 fully saturated rings. The van der Waals surface area contributed by atoms with Crippen LogP contribution in [-0.4, -0.2) is 28.4 Å². The van der Waals surface area contributed by atoms with Crippen molar-refractivity contribution in [2.75, 3.05) is 6.54 Å². The van der Waals surface area contributed by atoms with Crippen molar-refractivity contribution in [1.82, 2.24) is 10.2 Å². The van der Waals surface area contributed by atoms with Gasteiger partial charge < -0.3 is 4.74 Å². The van der Waals surface area contributed by atoms with Crippen molar-refractivity contribution >= 4 is 83.0 Å². The normalized spacial score (nSPS) is 15.4. The first-order valence-corrected chi connectivity index (χ1v) is 11.4. The van der Waals surface area contributed by atoms with Crippen molar-refractivity contribution in [3.63, 3.8) is 0 Å². The average molecular weight is 615 g/mol. The van der Waals surface area contributed by atoms with Crippen LogP contribution in [0.5, 0.6) is 5.75 Å². The predicted molar refractivity (Wildman–Crippen MR) is 131 cm³/mol. The molecule has 1 aliphatic heterocycles. The molecule has 0 saturated carbocycles. The molecule has 1 N–H and O–H groups in total. The van der Waals surface area contributed by atoms with Gasteiger partial charge in [-0.2, -0.15) is 0 Å². The maximum Gasteiger partial charge on any atom is 0.265 e. The van der Waals surface area contributed by atoms with Crippen LogP contribution in [0.25, 0.3) is 6.08 Å². The Hall–Kier alpha value is -1.81. The summed E-state index contributed by atoms with van der Waals surface area (Å²) in [6.45, 7) is 4.22. The van der Waals surface area contributed by atoms with Crippen LogP contribution in [0.2, 0.25) is 0 Å². The van der Waals surface area contributed by atoms with Crippen LogP contribution in [0.15, 0.2) is 68.0 Å². The smallest absolute Gasteiger partial charge is 0.265 e. The van der Waals surface area contributed by atoms with E-state index in [1.165, 1.54) is 11.0 Å². The van der Waals surface area contributed by atoms with E-state index in [0.717, 1.165) is 10.0 Å².